The molecule has 1 aromatic carbocycles. The zero-order valence-corrected chi connectivity index (χ0v) is 10.1. The number of fused-ring (bicyclic) bond motifs is 1. The van der Waals surface area contributed by atoms with E-state index in [1.54, 1.807) is 23.1 Å². The van der Waals surface area contributed by atoms with Crippen molar-refractivity contribution in [2.45, 2.75) is 13.0 Å². The standard InChI is InChI=1S/C13H13N3O3/c17-11-4-2-1-3-8(11)13(19)16-6-5-10-9(7-16)12(18)15-14-10/h1-4,17H,5-7H2,(H2,14,15,18). The summed E-state index contributed by atoms with van der Waals surface area (Å²) in [6.07, 6.45) is 0.605. The molecule has 1 aliphatic heterocycles. The lowest BCUT2D eigenvalue weighted by molar-refractivity contribution is 0.0731. The molecule has 0 bridgehead atoms. The van der Waals surface area contributed by atoms with Gasteiger partial charge in [0.05, 0.1) is 17.7 Å². The van der Waals surface area contributed by atoms with Gasteiger partial charge in [-0.15, -0.1) is 0 Å². The maximum absolute atomic E-state index is 12.3. The Labute approximate surface area is 108 Å². The Balaban J connectivity index is 1.89. The predicted octanol–water partition coefficient (Wildman–Crippen LogP) is 0.607. The number of amides is 1. The smallest absolute Gasteiger partial charge is 0.269 e. The molecule has 0 saturated carbocycles. The summed E-state index contributed by atoms with van der Waals surface area (Å²) in [5, 5.41) is 15.0. The van der Waals surface area contributed by atoms with E-state index in [4.69, 9.17) is 0 Å². The quantitative estimate of drug-likeness (QED) is 0.701. The average molecular weight is 259 g/mol. The molecular formula is C13H13N3O3. The van der Waals surface area contributed by atoms with Crippen LogP contribution >= 0.6 is 0 Å². The molecule has 0 spiro atoms. The van der Waals surface area contributed by atoms with Crippen LogP contribution in [0.25, 0.3) is 0 Å². The Morgan fingerprint density at radius 3 is 2.84 bits per heavy atom. The molecule has 3 rings (SSSR count). The van der Waals surface area contributed by atoms with Crippen molar-refractivity contribution in [2.75, 3.05) is 6.54 Å². The van der Waals surface area contributed by atoms with E-state index in [-0.39, 0.29) is 29.3 Å². The lowest BCUT2D eigenvalue weighted by Gasteiger charge is -2.26. The summed E-state index contributed by atoms with van der Waals surface area (Å²) >= 11 is 0. The molecule has 0 radical (unpaired) electrons. The highest BCUT2D eigenvalue weighted by Gasteiger charge is 2.25. The van der Waals surface area contributed by atoms with Gasteiger partial charge in [-0.2, -0.15) is 0 Å². The lowest BCUT2D eigenvalue weighted by atomic mass is 10.1. The van der Waals surface area contributed by atoms with Gasteiger partial charge in [0.25, 0.3) is 11.5 Å². The summed E-state index contributed by atoms with van der Waals surface area (Å²) in [5.74, 6) is -0.300. The van der Waals surface area contributed by atoms with Crippen LogP contribution in [0, 0.1) is 0 Å². The summed E-state index contributed by atoms with van der Waals surface area (Å²) < 4.78 is 0. The number of H-pyrrole nitrogens is 2. The normalized spacial score (nSPS) is 14.2. The maximum Gasteiger partial charge on any atom is 0.269 e. The van der Waals surface area contributed by atoms with Gasteiger partial charge >= 0.3 is 0 Å². The highest BCUT2D eigenvalue weighted by atomic mass is 16.3. The van der Waals surface area contributed by atoms with Crippen molar-refractivity contribution in [3.8, 4) is 5.75 Å². The molecule has 98 valence electrons. The molecule has 0 saturated heterocycles. The monoisotopic (exact) mass is 259 g/mol. The Morgan fingerprint density at radius 1 is 1.26 bits per heavy atom. The lowest BCUT2D eigenvalue weighted by Crippen LogP contribution is -2.37. The van der Waals surface area contributed by atoms with Gasteiger partial charge in [-0.1, -0.05) is 12.1 Å². The molecule has 1 aromatic heterocycles. The van der Waals surface area contributed by atoms with E-state index in [9.17, 15) is 14.7 Å². The molecule has 1 amide bonds. The first-order valence-corrected chi connectivity index (χ1v) is 6.02. The Hall–Kier alpha value is -2.50. The highest BCUT2D eigenvalue weighted by Crippen LogP contribution is 2.21. The number of nitrogens with one attached hydrogen (secondary N) is 2. The van der Waals surface area contributed by atoms with Crippen LogP contribution in [0.2, 0.25) is 0 Å². The van der Waals surface area contributed by atoms with Gasteiger partial charge in [-0.25, -0.2) is 0 Å². The zero-order valence-electron chi connectivity index (χ0n) is 10.1. The fourth-order valence-electron chi connectivity index (χ4n) is 2.32. The van der Waals surface area contributed by atoms with Gasteiger partial charge in [-0.3, -0.25) is 14.7 Å². The van der Waals surface area contributed by atoms with E-state index in [0.717, 1.165) is 5.69 Å². The van der Waals surface area contributed by atoms with Gasteiger partial charge < -0.3 is 15.1 Å². The number of aromatic nitrogens is 2. The summed E-state index contributed by atoms with van der Waals surface area (Å²) in [6, 6.07) is 6.42. The first-order chi connectivity index (χ1) is 9.16. The maximum atomic E-state index is 12.3. The number of carbonyl (C=O) groups excluding carboxylic acids is 1. The van der Waals surface area contributed by atoms with Crippen LogP contribution in [0.1, 0.15) is 21.6 Å². The minimum Gasteiger partial charge on any atom is -0.507 e. The van der Waals surface area contributed by atoms with Gasteiger partial charge in [0.1, 0.15) is 5.75 Å². The van der Waals surface area contributed by atoms with E-state index < -0.39 is 0 Å². The van der Waals surface area contributed by atoms with E-state index in [0.29, 0.717) is 18.5 Å². The van der Waals surface area contributed by atoms with Crippen molar-refractivity contribution in [1.29, 1.82) is 0 Å². The van der Waals surface area contributed by atoms with Crippen LogP contribution in [0.15, 0.2) is 29.1 Å². The molecule has 2 heterocycles. The van der Waals surface area contributed by atoms with E-state index >= 15 is 0 Å². The number of benzene rings is 1. The second kappa shape index (κ2) is 4.31. The van der Waals surface area contributed by atoms with Crippen molar-refractivity contribution < 1.29 is 9.90 Å². The average Bonchev–Trinajstić information content (AvgIpc) is 2.80. The van der Waals surface area contributed by atoms with Crippen molar-refractivity contribution in [2.24, 2.45) is 0 Å². The first-order valence-electron chi connectivity index (χ1n) is 6.02. The molecule has 1 aliphatic rings. The SMILES string of the molecule is O=C(c1ccccc1O)N1CCc2[nH][nH]c(=O)c2C1. The van der Waals surface area contributed by atoms with Crippen LogP contribution in [-0.4, -0.2) is 32.7 Å². The van der Waals surface area contributed by atoms with Crippen molar-refractivity contribution >= 4 is 5.91 Å². The van der Waals surface area contributed by atoms with Gasteiger partial charge in [0.15, 0.2) is 0 Å². The second-order valence-electron chi connectivity index (χ2n) is 4.53. The number of hydrogen-bond acceptors (Lipinski definition) is 3. The number of hydrogen-bond donors (Lipinski definition) is 3. The summed E-state index contributed by atoms with van der Waals surface area (Å²) in [6.45, 7) is 0.787. The summed E-state index contributed by atoms with van der Waals surface area (Å²) in [7, 11) is 0. The van der Waals surface area contributed by atoms with E-state index in [2.05, 4.69) is 10.2 Å². The van der Waals surface area contributed by atoms with E-state index in [1.165, 1.54) is 6.07 Å². The summed E-state index contributed by atoms with van der Waals surface area (Å²) in [5.41, 5.74) is 1.52. The van der Waals surface area contributed by atoms with Crippen LogP contribution < -0.4 is 5.56 Å². The predicted molar refractivity (Wildman–Crippen MR) is 68.0 cm³/mol. The van der Waals surface area contributed by atoms with Crippen LogP contribution in [-0.2, 0) is 13.0 Å². The number of nitrogens with zero attached hydrogens (tertiary/aromatic N) is 1. The number of aromatic amines is 2. The van der Waals surface area contributed by atoms with Crippen molar-refractivity contribution in [1.82, 2.24) is 15.1 Å². The van der Waals surface area contributed by atoms with Gasteiger partial charge in [-0.05, 0) is 12.1 Å². The molecule has 0 atom stereocenters. The molecule has 0 aliphatic carbocycles. The Kier molecular flexibility index (Phi) is 2.63. The van der Waals surface area contributed by atoms with Gasteiger partial charge in [0, 0.05) is 18.7 Å². The summed E-state index contributed by atoms with van der Waals surface area (Å²) in [4.78, 5) is 25.4. The third-order valence-electron chi connectivity index (χ3n) is 3.37. The molecular weight excluding hydrogens is 246 g/mol. The van der Waals surface area contributed by atoms with Crippen molar-refractivity contribution in [3.05, 3.63) is 51.4 Å². The molecule has 19 heavy (non-hydrogen) atoms. The number of aromatic hydroxyl groups is 1. The third-order valence-corrected chi connectivity index (χ3v) is 3.37. The topological polar surface area (TPSA) is 89.2 Å². The zero-order chi connectivity index (χ0) is 13.4. The van der Waals surface area contributed by atoms with Crippen LogP contribution in [0.4, 0.5) is 0 Å². The number of para-hydroxylation sites is 1. The largest absolute Gasteiger partial charge is 0.507 e. The highest BCUT2D eigenvalue weighted by molar-refractivity contribution is 5.96. The van der Waals surface area contributed by atoms with Crippen LogP contribution in [0.3, 0.4) is 0 Å². The molecule has 0 fully saturated rings. The minimum absolute atomic E-state index is 0.0405. The molecule has 3 N–H and O–H groups in total. The molecule has 6 heteroatoms. The van der Waals surface area contributed by atoms with Gasteiger partial charge in [0.2, 0.25) is 0 Å². The molecule has 2 aromatic rings. The Bertz CT molecular complexity index is 686. The number of phenols is 1. The van der Waals surface area contributed by atoms with Crippen molar-refractivity contribution in [3.63, 3.8) is 0 Å². The Morgan fingerprint density at radius 2 is 2.05 bits per heavy atom. The number of carbonyl (C=O) groups is 1. The number of rotatable bonds is 1. The first kappa shape index (κ1) is 11.6. The molecule has 0 unspecified atom stereocenters. The number of phenolic OH excluding ortho intramolecular Hbond substituents is 1. The fraction of sp³-hybridized carbons (Fsp3) is 0.231. The minimum atomic E-state index is -0.260. The van der Waals surface area contributed by atoms with Crippen LogP contribution in [0.5, 0.6) is 5.75 Å². The van der Waals surface area contributed by atoms with E-state index in [1.807, 2.05) is 0 Å². The second-order valence-corrected chi connectivity index (χ2v) is 4.53. The third kappa shape index (κ3) is 1.91. The fourth-order valence-corrected chi connectivity index (χ4v) is 2.32. The molecule has 6 nitrogen and oxygen atoms in total.